The first-order chi connectivity index (χ1) is 17.1. The van der Waals surface area contributed by atoms with E-state index in [0.29, 0.717) is 16.8 Å². The van der Waals surface area contributed by atoms with Gasteiger partial charge in [-0.2, -0.15) is 0 Å². The summed E-state index contributed by atoms with van der Waals surface area (Å²) in [5.74, 6) is -1.60. The number of esters is 2. The number of carbonyl (C=O) groups excluding carboxylic acids is 4. The van der Waals surface area contributed by atoms with Crippen LogP contribution >= 0.6 is 0 Å². The van der Waals surface area contributed by atoms with Crippen LogP contribution in [0.4, 0.5) is 10.5 Å². The molecule has 190 valence electrons. The monoisotopic (exact) mass is 494 g/mol. The van der Waals surface area contributed by atoms with Crippen molar-refractivity contribution in [1.82, 2.24) is 5.32 Å². The number of amides is 2. The van der Waals surface area contributed by atoms with Gasteiger partial charge in [-0.1, -0.05) is 43.8 Å². The number of carbonyl (C=O) groups is 4. The van der Waals surface area contributed by atoms with Crippen molar-refractivity contribution in [3.05, 3.63) is 77.4 Å². The van der Waals surface area contributed by atoms with E-state index in [4.69, 9.17) is 14.2 Å². The molecule has 2 amide bonds. The second-order valence-corrected chi connectivity index (χ2v) is 8.86. The SMILES string of the molecule is C=C(CC1(C)CN(C(=O)OC)c2ccc(C(=O)OC)cc21)C(=O)NC(Cc1ccccc1)C(=O)OC. The number of rotatable bonds is 8. The summed E-state index contributed by atoms with van der Waals surface area (Å²) < 4.78 is 14.6. The van der Waals surface area contributed by atoms with E-state index < -0.39 is 35.4 Å². The predicted octanol–water partition coefficient (Wildman–Crippen LogP) is 3.16. The third-order valence-corrected chi connectivity index (χ3v) is 6.26. The van der Waals surface area contributed by atoms with Crippen molar-refractivity contribution in [2.75, 3.05) is 32.8 Å². The molecule has 0 fully saturated rings. The van der Waals surface area contributed by atoms with E-state index in [1.807, 2.05) is 37.3 Å². The minimum atomic E-state index is -0.900. The number of hydrogen-bond donors (Lipinski definition) is 1. The van der Waals surface area contributed by atoms with Crippen molar-refractivity contribution < 1.29 is 33.4 Å². The van der Waals surface area contributed by atoms with Crippen LogP contribution in [0.1, 0.15) is 34.8 Å². The number of anilines is 1. The molecule has 1 aliphatic rings. The summed E-state index contributed by atoms with van der Waals surface area (Å²) in [6.45, 7) is 6.03. The Morgan fingerprint density at radius 2 is 1.72 bits per heavy atom. The Labute approximate surface area is 210 Å². The standard InChI is InChI=1S/C27H30N2O7/c1-17(23(30)28-21(25(32)35-4)13-18-9-7-6-8-10-18)15-27(2)16-29(26(33)36-5)22-12-11-19(14-20(22)27)24(31)34-3/h6-12,14,21H,1,13,15-16H2,2-5H3,(H,28,30). The van der Waals surface area contributed by atoms with Crippen molar-refractivity contribution in [2.24, 2.45) is 0 Å². The Morgan fingerprint density at radius 1 is 1.03 bits per heavy atom. The van der Waals surface area contributed by atoms with Crippen LogP contribution in [0, 0.1) is 0 Å². The van der Waals surface area contributed by atoms with Gasteiger partial charge >= 0.3 is 18.0 Å². The predicted molar refractivity (Wildman–Crippen MR) is 133 cm³/mol. The minimum Gasteiger partial charge on any atom is -0.467 e. The molecule has 9 nitrogen and oxygen atoms in total. The summed E-state index contributed by atoms with van der Waals surface area (Å²) in [6.07, 6.45) is -0.150. The van der Waals surface area contributed by atoms with Gasteiger partial charge in [0.05, 0.1) is 32.6 Å². The van der Waals surface area contributed by atoms with E-state index in [-0.39, 0.29) is 25.0 Å². The van der Waals surface area contributed by atoms with E-state index in [0.717, 1.165) is 5.56 Å². The van der Waals surface area contributed by atoms with Crippen LogP contribution in [0.2, 0.25) is 0 Å². The molecule has 1 N–H and O–H groups in total. The molecule has 2 aromatic rings. The summed E-state index contributed by atoms with van der Waals surface area (Å²) in [4.78, 5) is 51.5. The number of nitrogens with one attached hydrogen (secondary N) is 1. The van der Waals surface area contributed by atoms with Crippen LogP contribution in [0.3, 0.4) is 0 Å². The van der Waals surface area contributed by atoms with Crippen LogP contribution < -0.4 is 10.2 Å². The average Bonchev–Trinajstić information content (AvgIpc) is 3.18. The van der Waals surface area contributed by atoms with Crippen molar-refractivity contribution >= 4 is 29.6 Å². The van der Waals surface area contributed by atoms with Gasteiger partial charge < -0.3 is 19.5 Å². The molecule has 0 saturated heterocycles. The van der Waals surface area contributed by atoms with E-state index in [2.05, 4.69) is 11.9 Å². The van der Waals surface area contributed by atoms with Crippen LogP contribution in [-0.4, -0.2) is 57.9 Å². The van der Waals surface area contributed by atoms with Crippen molar-refractivity contribution in [2.45, 2.75) is 31.2 Å². The van der Waals surface area contributed by atoms with Gasteiger partial charge in [-0.15, -0.1) is 0 Å². The average molecular weight is 495 g/mol. The maximum atomic E-state index is 13.1. The number of ether oxygens (including phenoxy) is 3. The lowest BCUT2D eigenvalue weighted by molar-refractivity contribution is -0.144. The Balaban J connectivity index is 1.84. The van der Waals surface area contributed by atoms with Crippen LogP contribution in [0.5, 0.6) is 0 Å². The Kier molecular flexibility index (Phi) is 8.14. The molecule has 2 aromatic carbocycles. The lowest BCUT2D eigenvalue weighted by atomic mass is 9.78. The number of methoxy groups -OCH3 is 3. The van der Waals surface area contributed by atoms with Crippen molar-refractivity contribution in [3.63, 3.8) is 0 Å². The van der Waals surface area contributed by atoms with Crippen LogP contribution in [0.25, 0.3) is 0 Å². The fourth-order valence-electron chi connectivity index (χ4n) is 4.44. The van der Waals surface area contributed by atoms with E-state index in [9.17, 15) is 19.2 Å². The topological polar surface area (TPSA) is 111 Å². The molecule has 1 heterocycles. The first-order valence-electron chi connectivity index (χ1n) is 11.3. The zero-order chi connectivity index (χ0) is 26.5. The number of hydrogen-bond acceptors (Lipinski definition) is 7. The molecule has 3 rings (SSSR count). The van der Waals surface area contributed by atoms with Gasteiger partial charge in [-0.3, -0.25) is 9.69 Å². The number of benzene rings is 2. The van der Waals surface area contributed by atoms with Gasteiger partial charge in [0, 0.05) is 24.0 Å². The lowest BCUT2D eigenvalue weighted by Gasteiger charge is -2.27. The smallest absolute Gasteiger partial charge is 0.414 e. The second kappa shape index (κ2) is 11.1. The van der Waals surface area contributed by atoms with Gasteiger partial charge in [0.15, 0.2) is 0 Å². The van der Waals surface area contributed by atoms with Gasteiger partial charge in [0.2, 0.25) is 5.91 Å². The Morgan fingerprint density at radius 3 is 2.33 bits per heavy atom. The largest absolute Gasteiger partial charge is 0.467 e. The maximum absolute atomic E-state index is 13.1. The van der Waals surface area contributed by atoms with E-state index in [1.165, 1.54) is 26.2 Å². The highest BCUT2D eigenvalue weighted by Crippen LogP contribution is 2.45. The summed E-state index contributed by atoms with van der Waals surface area (Å²) in [5, 5.41) is 2.72. The molecule has 0 aromatic heterocycles. The molecular formula is C27H30N2O7. The zero-order valence-corrected chi connectivity index (χ0v) is 20.8. The molecule has 36 heavy (non-hydrogen) atoms. The van der Waals surface area contributed by atoms with Gasteiger partial charge in [-0.05, 0) is 35.7 Å². The molecule has 0 spiro atoms. The third-order valence-electron chi connectivity index (χ3n) is 6.26. The molecular weight excluding hydrogens is 464 g/mol. The third kappa shape index (κ3) is 5.56. The Bertz CT molecular complexity index is 1180. The Hall–Kier alpha value is -4.14. The maximum Gasteiger partial charge on any atom is 0.414 e. The molecule has 1 aliphatic heterocycles. The number of fused-ring (bicyclic) bond motifs is 1. The highest BCUT2D eigenvalue weighted by Gasteiger charge is 2.43. The highest BCUT2D eigenvalue weighted by molar-refractivity contribution is 5.97. The first-order valence-corrected chi connectivity index (χ1v) is 11.3. The molecule has 0 bridgehead atoms. The summed E-state index contributed by atoms with van der Waals surface area (Å²) in [5.41, 5.74) is 1.88. The molecule has 0 radical (unpaired) electrons. The second-order valence-electron chi connectivity index (χ2n) is 8.86. The molecule has 9 heteroatoms. The summed E-state index contributed by atoms with van der Waals surface area (Å²) in [6, 6.07) is 13.2. The molecule has 2 atom stereocenters. The van der Waals surface area contributed by atoms with Crippen molar-refractivity contribution in [1.29, 1.82) is 0 Å². The summed E-state index contributed by atoms with van der Waals surface area (Å²) >= 11 is 0. The quantitative estimate of drug-likeness (QED) is 0.341. The van der Waals surface area contributed by atoms with Gasteiger partial charge in [-0.25, -0.2) is 14.4 Å². The van der Waals surface area contributed by atoms with Gasteiger partial charge in [0.1, 0.15) is 6.04 Å². The lowest BCUT2D eigenvalue weighted by Crippen LogP contribution is -2.44. The normalized spacial score (nSPS) is 16.9. The number of nitrogens with zero attached hydrogens (tertiary/aromatic N) is 1. The van der Waals surface area contributed by atoms with E-state index in [1.54, 1.807) is 18.2 Å². The molecule has 0 aliphatic carbocycles. The van der Waals surface area contributed by atoms with Gasteiger partial charge in [0.25, 0.3) is 0 Å². The van der Waals surface area contributed by atoms with Crippen LogP contribution in [0.15, 0.2) is 60.7 Å². The highest BCUT2D eigenvalue weighted by atomic mass is 16.5. The summed E-state index contributed by atoms with van der Waals surface area (Å²) in [7, 11) is 3.83. The minimum absolute atomic E-state index is 0.156. The molecule has 2 unspecified atom stereocenters. The fraction of sp³-hybridized carbons (Fsp3) is 0.333. The van der Waals surface area contributed by atoms with E-state index >= 15 is 0 Å². The van der Waals surface area contributed by atoms with Crippen LogP contribution in [-0.2, 0) is 35.6 Å². The fourth-order valence-corrected chi connectivity index (χ4v) is 4.44. The molecule has 0 saturated carbocycles. The first kappa shape index (κ1) is 26.5. The van der Waals surface area contributed by atoms with Crippen molar-refractivity contribution in [3.8, 4) is 0 Å². The zero-order valence-electron chi connectivity index (χ0n) is 20.8.